The molecule has 0 saturated heterocycles. The van der Waals surface area contributed by atoms with Crippen LogP contribution >= 0.6 is 39.5 Å². The number of thiophene rings is 1. The van der Waals surface area contributed by atoms with Crippen molar-refractivity contribution in [2.24, 2.45) is 0 Å². The average Bonchev–Trinajstić information content (AvgIpc) is 2.84. The number of carbonyl (C=O) groups excluding carboxylic acids is 1. The SMILES string of the molecule is COCCOC(=O)C1=C(C)NC(=S)NC1c1cc(Br)cs1. The lowest BCUT2D eigenvalue weighted by atomic mass is 10.0. The summed E-state index contributed by atoms with van der Waals surface area (Å²) in [5.41, 5.74) is 1.24. The molecule has 0 radical (unpaired) electrons. The van der Waals surface area contributed by atoms with Gasteiger partial charge in [0.05, 0.1) is 18.2 Å². The van der Waals surface area contributed by atoms with Crippen molar-refractivity contribution in [3.63, 3.8) is 0 Å². The first-order valence-electron chi connectivity index (χ1n) is 6.21. The van der Waals surface area contributed by atoms with Crippen LogP contribution in [0, 0.1) is 0 Å². The second-order valence-electron chi connectivity index (χ2n) is 4.37. The number of esters is 1. The summed E-state index contributed by atoms with van der Waals surface area (Å²) in [4.78, 5) is 13.3. The van der Waals surface area contributed by atoms with Crippen LogP contribution in [0.15, 0.2) is 27.2 Å². The van der Waals surface area contributed by atoms with E-state index in [4.69, 9.17) is 21.7 Å². The third-order valence-corrected chi connectivity index (χ3v) is 4.86. The molecule has 0 amide bonds. The molecule has 0 aromatic carbocycles. The van der Waals surface area contributed by atoms with Gasteiger partial charge in [-0.3, -0.25) is 0 Å². The largest absolute Gasteiger partial charge is 0.460 e. The van der Waals surface area contributed by atoms with Gasteiger partial charge in [0, 0.05) is 27.5 Å². The molecule has 114 valence electrons. The van der Waals surface area contributed by atoms with Crippen molar-refractivity contribution in [3.8, 4) is 0 Å². The number of hydrogen-bond donors (Lipinski definition) is 2. The fraction of sp³-hybridized carbons (Fsp3) is 0.385. The fourth-order valence-electron chi connectivity index (χ4n) is 1.95. The molecule has 1 unspecified atom stereocenters. The number of ether oxygens (including phenoxy) is 2. The molecule has 1 aliphatic heterocycles. The van der Waals surface area contributed by atoms with Crippen molar-refractivity contribution < 1.29 is 14.3 Å². The lowest BCUT2D eigenvalue weighted by Gasteiger charge is -2.28. The highest BCUT2D eigenvalue weighted by Gasteiger charge is 2.31. The Kier molecular flexibility index (Phi) is 5.74. The number of carbonyl (C=O) groups is 1. The first-order chi connectivity index (χ1) is 10.0. The van der Waals surface area contributed by atoms with Gasteiger partial charge in [-0.15, -0.1) is 11.3 Å². The molecule has 2 rings (SSSR count). The van der Waals surface area contributed by atoms with E-state index in [1.807, 2.05) is 18.4 Å². The maximum absolute atomic E-state index is 12.3. The highest BCUT2D eigenvalue weighted by Crippen LogP contribution is 2.33. The van der Waals surface area contributed by atoms with Crippen LogP contribution in [-0.4, -0.2) is 31.4 Å². The van der Waals surface area contributed by atoms with E-state index in [1.54, 1.807) is 18.4 Å². The van der Waals surface area contributed by atoms with E-state index in [0.29, 0.717) is 23.0 Å². The van der Waals surface area contributed by atoms with Crippen molar-refractivity contribution in [1.29, 1.82) is 0 Å². The molecule has 1 aromatic rings. The Morgan fingerprint density at radius 1 is 1.52 bits per heavy atom. The predicted molar refractivity (Wildman–Crippen MR) is 89.2 cm³/mol. The van der Waals surface area contributed by atoms with Gasteiger partial charge in [0.15, 0.2) is 5.11 Å². The Morgan fingerprint density at radius 2 is 2.29 bits per heavy atom. The Bertz CT molecular complexity index is 586. The Morgan fingerprint density at radius 3 is 2.90 bits per heavy atom. The summed E-state index contributed by atoms with van der Waals surface area (Å²) < 4.78 is 11.1. The van der Waals surface area contributed by atoms with Gasteiger partial charge < -0.3 is 20.1 Å². The van der Waals surface area contributed by atoms with Crippen molar-refractivity contribution in [2.45, 2.75) is 13.0 Å². The van der Waals surface area contributed by atoms with E-state index < -0.39 is 0 Å². The van der Waals surface area contributed by atoms with Gasteiger partial charge in [-0.2, -0.15) is 0 Å². The van der Waals surface area contributed by atoms with Gasteiger partial charge in [-0.05, 0) is 41.1 Å². The zero-order valence-electron chi connectivity index (χ0n) is 11.6. The van der Waals surface area contributed by atoms with Crippen LogP contribution in [0.4, 0.5) is 0 Å². The molecule has 0 aliphatic carbocycles. The number of methoxy groups -OCH3 is 1. The molecule has 0 spiro atoms. The van der Waals surface area contributed by atoms with E-state index in [9.17, 15) is 4.79 Å². The van der Waals surface area contributed by atoms with Crippen molar-refractivity contribution in [3.05, 3.63) is 32.1 Å². The number of allylic oxidation sites excluding steroid dienone is 1. The van der Waals surface area contributed by atoms with Crippen LogP contribution in [0.1, 0.15) is 17.8 Å². The minimum atomic E-state index is -0.374. The summed E-state index contributed by atoms with van der Waals surface area (Å²) in [6.07, 6.45) is 0. The van der Waals surface area contributed by atoms with Crippen molar-refractivity contribution in [1.82, 2.24) is 10.6 Å². The predicted octanol–water partition coefficient (Wildman–Crippen LogP) is 2.49. The number of hydrogen-bond acceptors (Lipinski definition) is 5. The minimum Gasteiger partial charge on any atom is -0.460 e. The zero-order chi connectivity index (χ0) is 15.4. The topological polar surface area (TPSA) is 59.6 Å². The minimum absolute atomic E-state index is 0.220. The monoisotopic (exact) mass is 390 g/mol. The number of thiocarbonyl (C=S) groups is 1. The summed E-state index contributed by atoms with van der Waals surface area (Å²) in [7, 11) is 1.56. The third-order valence-electron chi connectivity index (χ3n) is 2.88. The normalized spacial score (nSPS) is 18.2. The molecule has 21 heavy (non-hydrogen) atoms. The molecule has 1 atom stereocenters. The van der Waals surface area contributed by atoms with Gasteiger partial charge in [-0.1, -0.05) is 0 Å². The lowest BCUT2D eigenvalue weighted by molar-refractivity contribution is -0.140. The van der Waals surface area contributed by atoms with E-state index in [-0.39, 0.29) is 18.6 Å². The first-order valence-corrected chi connectivity index (χ1v) is 8.29. The standard InChI is InChI=1S/C13H15BrN2O3S2/c1-7-10(12(17)19-4-3-18-2)11(16-13(20)15-7)9-5-8(14)6-21-9/h5-6,11H,3-4H2,1-2H3,(H2,15,16,20). The first kappa shape index (κ1) is 16.4. The zero-order valence-corrected chi connectivity index (χ0v) is 14.8. The smallest absolute Gasteiger partial charge is 0.338 e. The van der Waals surface area contributed by atoms with Gasteiger partial charge in [0.2, 0.25) is 0 Å². The molecule has 0 saturated carbocycles. The van der Waals surface area contributed by atoms with E-state index in [2.05, 4.69) is 26.6 Å². The fourth-order valence-corrected chi connectivity index (χ4v) is 3.73. The molecule has 2 heterocycles. The average molecular weight is 391 g/mol. The van der Waals surface area contributed by atoms with Crippen molar-refractivity contribution >= 4 is 50.6 Å². The lowest BCUT2D eigenvalue weighted by Crippen LogP contribution is -2.45. The van der Waals surface area contributed by atoms with Crippen LogP contribution in [-0.2, 0) is 14.3 Å². The highest BCUT2D eigenvalue weighted by atomic mass is 79.9. The van der Waals surface area contributed by atoms with E-state index >= 15 is 0 Å². The van der Waals surface area contributed by atoms with Crippen LogP contribution < -0.4 is 10.6 Å². The molecule has 5 nitrogen and oxygen atoms in total. The summed E-state index contributed by atoms with van der Waals surface area (Å²) in [5.74, 6) is -0.374. The van der Waals surface area contributed by atoms with Crippen LogP contribution in [0.2, 0.25) is 0 Å². The second kappa shape index (κ2) is 7.35. The molecule has 0 bridgehead atoms. The summed E-state index contributed by atoms with van der Waals surface area (Å²) in [5, 5.41) is 8.55. The molecular weight excluding hydrogens is 376 g/mol. The quantitative estimate of drug-likeness (QED) is 0.457. The maximum Gasteiger partial charge on any atom is 0.338 e. The maximum atomic E-state index is 12.3. The second-order valence-corrected chi connectivity index (χ2v) is 6.63. The van der Waals surface area contributed by atoms with E-state index in [0.717, 1.165) is 9.35 Å². The Balaban J connectivity index is 2.26. The molecule has 1 aromatic heterocycles. The third kappa shape index (κ3) is 4.03. The Labute approximate surface area is 140 Å². The number of halogens is 1. The number of nitrogens with one attached hydrogen (secondary N) is 2. The van der Waals surface area contributed by atoms with Crippen LogP contribution in [0.25, 0.3) is 0 Å². The van der Waals surface area contributed by atoms with Crippen molar-refractivity contribution in [2.75, 3.05) is 20.3 Å². The summed E-state index contributed by atoms with van der Waals surface area (Å²) in [6.45, 7) is 2.40. The highest BCUT2D eigenvalue weighted by molar-refractivity contribution is 9.10. The van der Waals surface area contributed by atoms with Gasteiger partial charge in [-0.25, -0.2) is 4.79 Å². The van der Waals surface area contributed by atoms with Gasteiger partial charge in [0.1, 0.15) is 6.61 Å². The molecular formula is C13H15BrN2O3S2. The number of rotatable bonds is 5. The van der Waals surface area contributed by atoms with Crippen LogP contribution in [0.5, 0.6) is 0 Å². The van der Waals surface area contributed by atoms with Gasteiger partial charge >= 0.3 is 5.97 Å². The van der Waals surface area contributed by atoms with Gasteiger partial charge in [0.25, 0.3) is 0 Å². The molecule has 2 N–H and O–H groups in total. The van der Waals surface area contributed by atoms with Crippen LogP contribution in [0.3, 0.4) is 0 Å². The Hall–Kier alpha value is -0.960. The van der Waals surface area contributed by atoms with E-state index in [1.165, 1.54) is 0 Å². The summed E-state index contributed by atoms with van der Waals surface area (Å²) >= 11 is 10.1. The summed E-state index contributed by atoms with van der Waals surface area (Å²) in [6, 6.07) is 1.66. The molecule has 1 aliphatic rings. The molecule has 0 fully saturated rings. The molecule has 8 heteroatoms.